The van der Waals surface area contributed by atoms with Gasteiger partial charge >= 0.3 is 11.9 Å². The Morgan fingerprint density at radius 3 is 2.33 bits per heavy atom. The molecule has 0 amide bonds. The minimum Gasteiger partial charge on any atom is -0.465 e. The van der Waals surface area contributed by atoms with Crippen LogP contribution in [0.5, 0.6) is 0 Å². The van der Waals surface area contributed by atoms with Crippen molar-refractivity contribution in [3.63, 3.8) is 0 Å². The second kappa shape index (κ2) is 10.7. The lowest BCUT2D eigenvalue weighted by atomic mass is 9.96. The molecule has 0 spiro atoms. The maximum absolute atomic E-state index is 13.7. The van der Waals surface area contributed by atoms with Crippen molar-refractivity contribution >= 4 is 41.1 Å². The normalized spacial score (nSPS) is 15.5. The molecule has 4 rings (SSSR count). The van der Waals surface area contributed by atoms with Gasteiger partial charge in [-0.05, 0) is 68.5 Å². The highest BCUT2D eigenvalue weighted by atomic mass is 32.2. The van der Waals surface area contributed by atoms with Crippen LogP contribution in [-0.2, 0) is 14.3 Å². The van der Waals surface area contributed by atoms with Gasteiger partial charge in [0.2, 0.25) is 0 Å². The van der Waals surface area contributed by atoms with Crippen molar-refractivity contribution in [2.75, 3.05) is 13.4 Å². The van der Waals surface area contributed by atoms with E-state index in [1.807, 2.05) is 30.5 Å². The molecule has 0 aliphatic carbocycles. The number of hydrogen-bond donors (Lipinski definition) is 0. The van der Waals surface area contributed by atoms with Crippen molar-refractivity contribution in [2.45, 2.75) is 37.8 Å². The first-order chi connectivity index (χ1) is 17.2. The third-order valence-electron chi connectivity index (χ3n) is 5.65. The smallest absolute Gasteiger partial charge is 0.338 e. The second-order valence-electron chi connectivity index (χ2n) is 8.42. The molecule has 2 heterocycles. The summed E-state index contributed by atoms with van der Waals surface area (Å²) in [6.45, 7) is 5.34. The van der Waals surface area contributed by atoms with Crippen LogP contribution in [0, 0.1) is 0 Å². The fourth-order valence-corrected chi connectivity index (χ4v) is 5.40. The molecule has 1 unspecified atom stereocenters. The molecule has 0 fully saturated rings. The van der Waals surface area contributed by atoms with Crippen LogP contribution in [0.15, 0.2) is 74.5 Å². The Morgan fingerprint density at radius 1 is 1.08 bits per heavy atom. The average molecular weight is 523 g/mol. The molecule has 36 heavy (non-hydrogen) atoms. The average Bonchev–Trinajstić information content (AvgIpc) is 3.16. The number of fused-ring (bicyclic) bond motifs is 1. The first-order valence-electron chi connectivity index (χ1n) is 11.3. The highest BCUT2D eigenvalue weighted by molar-refractivity contribution is 7.98. The number of thioether (sulfide) groups is 1. The number of carbonyl (C=O) groups excluding carboxylic acids is 2. The van der Waals surface area contributed by atoms with Gasteiger partial charge in [0.15, 0.2) is 4.80 Å². The lowest BCUT2D eigenvalue weighted by molar-refractivity contribution is -0.143. The Hall–Kier alpha value is -3.43. The highest BCUT2D eigenvalue weighted by Crippen LogP contribution is 2.32. The Kier molecular flexibility index (Phi) is 7.61. The molecule has 0 bridgehead atoms. The summed E-state index contributed by atoms with van der Waals surface area (Å²) in [5, 5.41) is 0. The molecule has 186 valence electrons. The van der Waals surface area contributed by atoms with Crippen LogP contribution in [-0.4, -0.2) is 36.0 Å². The number of benzene rings is 2. The molecule has 0 radical (unpaired) electrons. The zero-order chi connectivity index (χ0) is 26.0. The molecule has 0 saturated carbocycles. The van der Waals surface area contributed by atoms with E-state index in [0.29, 0.717) is 26.2 Å². The number of allylic oxidation sites excluding steroid dienone is 1. The predicted molar refractivity (Wildman–Crippen MR) is 141 cm³/mol. The van der Waals surface area contributed by atoms with Gasteiger partial charge < -0.3 is 9.47 Å². The van der Waals surface area contributed by atoms with Gasteiger partial charge in [-0.15, -0.1) is 11.8 Å². The molecule has 1 aliphatic rings. The quantitative estimate of drug-likeness (QED) is 0.363. The van der Waals surface area contributed by atoms with E-state index >= 15 is 0 Å². The van der Waals surface area contributed by atoms with Gasteiger partial charge in [-0.2, -0.15) is 0 Å². The van der Waals surface area contributed by atoms with Gasteiger partial charge in [-0.25, -0.2) is 14.6 Å². The number of hydrogen-bond acceptors (Lipinski definition) is 8. The van der Waals surface area contributed by atoms with Crippen molar-refractivity contribution in [2.24, 2.45) is 4.99 Å². The number of esters is 2. The van der Waals surface area contributed by atoms with Crippen LogP contribution in [0.1, 0.15) is 48.3 Å². The van der Waals surface area contributed by atoms with Crippen LogP contribution in [0.2, 0.25) is 0 Å². The van der Waals surface area contributed by atoms with Gasteiger partial charge in [0.25, 0.3) is 5.56 Å². The zero-order valence-corrected chi connectivity index (χ0v) is 22.2. The van der Waals surface area contributed by atoms with Gasteiger partial charge in [0.1, 0.15) is 0 Å². The van der Waals surface area contributed by atoms with Gasteiger partial charge in [0, 0.05) is 4.90 Å². The van der Waals surface area contributed by atoms with E-state index in [9.17, 15) is 14.4 Å². The maximum atomic E-state index is 13.7. The highest BCUT2D eigenvalue weighted by Gasteiger charge is 2.33. The minimum atomic E-state index is -0.660. The van der Waals surface area contributed by atoms with E-state index < -0.39 is 18.0 Å². The summed E-state index contributed by atoms with van der Waals surface area (Å²) in [7, 11) is 1.33. The number of nitrogens with zero attached hydrogens (tertiary/aromatic N) is 2. The van der Waals surface area contributed by atoms with E-state index in [4.69, 9.17) is 9.47 Å². The van der Waals surface area contributed by atoms with Crippen LogP contribution < -0.4 is 14.9 Å². The Morgan fingerprint density at radius 2 is 1.75 bits per heavy atom. The van der Waals surface area contributed by atoms with Crippen LogP contribution in [0.4, 0.5) is 0 Å². The monoisotopic (exact) mass is 522 g/mol. The van der Waals surface area contributed by atoms with Crippen molar-refractivity contribution in [1.29, 1.82) is 0 Å². The van der Waals surface area contributed by atoms with Gasteiger partial charge in [-0.3, -0.25) is 9.36 Å². The topological polar surface area (TPSA) is 87.0 Å². The zero-order valence-electron chi connectivity index (χ0n) is 20.6. The summed E-state index contributed by atoms with van der Waals surface area (Å²) >= 11 is 2.87. The van der Waals surface area contributed by atoms with E-state index in [-0.39, 0.29) is 11.7 Å². The molecule has 2 aromatic carbocycles. The molecule has 7 nitrogen and oxygen atoms in total. The number of thiazole rings is 1. The number of aromatic nitrogens is 1. The van der Waals surface area contributed by atoms with Gasteiger partial charge in [-0.1, -0.05) is 35.6 Å². The largest absolute Gasteiger partial charge is 0.465 e. The molecule has 1 aliphatic heterocycles. The molecular weight excluding hydrogens is 496 g/mol. The summed E-state index contributed by atoms with van der Waals surface area (Å²) in [4.78, 5) is 44.7. The summed E-state index contributed by atoms with van der Waals surface area (Å²) in [5.41, 5.74) is 2.60. The third kappa shape index (κ3) is 5.08. The SMILES string of the molecule is COC(=O)c1ccc(C=c2sc3n(c2=O)C(c2ccc(SC)cc2)C(C(=O)OC(C)C)=C(C)N=3)cc1. The van der Waals surface area contributed by atoms with Crippen LogP contribution in [0.3, 0.4) is 0 Å². The maximum Gasteiger partial charge on any atom is 0.338 e. The molecule has 1 atom stereocenters. The lowest BCUT2D eigenvalue weighted by Crippen LogP contribution is -2.40. The first kappa shape index (κ1) is 25.7. The number of rotatable bonds is 6. The molecular formula is C27H26N2O5S2. The van der Waals surface area contributed by atoms with E-state index in [1.54, 1.807) is 67.4 Å². The lowest BCUT2D eigenvalue weighted by Gasteiger charge is -2.25. The Bertz CT molecular complexity index is 1510. The molecule has 0 N–H and O–H groups in total. The Balaban J connectivity index is 1.87. The van der Waals surface area contributed by atoms with Crippen molar-refractivity contribution in [3.8, 4) is 0 Å². The molecule has 1 aromatic heterocycles. The van der Waals surface area contributed by atoms with Crippen molar-refractivity contribution in [1.82, 2.24) is 4.57 Å². The summed E-state index contributed by atoms with van der Waals surface area (Å²) < 4.78 is 12.3. The summed E-state index contributed by atoms with van der Waals surface area (Å²) in [5.74, 6) is -0.914. The molecule has 9 heteroatoms. The standard InChI is InChI=1S/C27H26N2O5S2/c1-15(2)34-26(32)22-16(3)28-27-29(23(22)18-10-12-20(35-5)13-11-18)24(30)21(36-27)14-17-6-8-19(9-7-17)25(31)33-4/h6-15,23H,1-5H3. The fourth-order valence-electron chi connectivity index (χ4n) is 3.95. The Labute approximate surface area is 216 Å². The number of ether oxygens (including phenoxy) is 2. The molecule has 0 saturated heterocycles. The van der Waals surface area contributed by atoms with Gasteiger partial charge in [0.05, 0.1) is 40.6 Å². The van der Waals surface area contributed by atoms with Crippen LogP contribution >= 0.6 is 23.1 Å². The first-order valence-corrected chi connectivity index (χ1v) is 13.3. The van der Waals surface area contributed by atoms with E-state index in [1.165, 1.54) is 18.4 Å². The third-order valence-corrected chi connectivity index (χ3v) is 7.37. The number of carbonyl (C=O) groups is 2. The second-order valence-corrected chi connectivity index (χ2v) is 10.3. The van der Waals surface area contributed by atoms with Crippen molar-refractivity contribution < 1.29 is 19.1 Å². The number of methoxy groups -OCH3 is 1. The predicted octanol–water partition coefficient (Wildman–Crippen LogP) is 3.70. The molecule has 3 aromatic rings. The van der Waals surface area contributed by atoms with Crippen molar-refractivity contribution in [3.05, 3.63) is 96.2 Å². The van der Waals surface area contributed by atoms with Crippen LogP contribution in [0.25, 0.3) is 6.08 Å². The summed E-state index contributed by atoms with van der Waals surface area (Å²) in [6, 6.07) is 13.9. The fraction of sp³-hybridized carbons (Fsp3) is 0.259. The van der Waals surface area contributed by atoms with E-state index in [0.717, 1.165) is 16.0 Å². The summed E-state index contributed by atoms with van der Waals surface area (Å²) in [6.07, 6.45) is 3.44. The van der Waals surface area contributed by atoms with E-state index in [2.05, 4.69) is 4.99 Å². The minimum absolute atomic E-state index is 0.253.